The zero-order valence-corrected chi connectivity index (χ0v) is 11.9. The van der Waals surface area contributed by atoms with Crippen molar-refractivity contribution in [2.75, 3.05) is 13.7 Å². The molecule has 19 heavy (non-hydrogen) atoms. The van der Waals surface area contributed by atoms with Gasteiger partial charge in [0.1, 0.15) is 5.75 Å². The number of esters is 1. The second-order valence-electron chi connectivity index (χ2n) is 3.83. The summed E-state index contributed by atoms with van der Waals surface area (Å²) >= 11 is 1.46. The molecule has 0 bridgehead atoms. The average molecular weight is 277 g/mol. The highest BCUT2D eigenvalue weighted by Gasteiger charge is 2.21. The van der Waals surface area contributed by atoms with Crippen LogP contribution in [-0.4, -0.2) is 24.7 Å². The van der Waals surface area contributed by atoms with Crippen LogP contribution in [0.5, 0.6) is 5.75 Å². The summed E-state index contributed by atoms with van der Waals surface area (Å²) in [6.45, 7) is 4.36. The highest BCUT2D eigenvalue weighted by atomic mass is 32.1. The maximum atomic E-state index is 11.8. The van der Waals surface area contributed by atoms with E-state index < -0.39 is 5.97 Å². The second kappa shape index (κ2) is 5.84. The highest BCUT2D eigenvalue weighted by molar-refractivity contribution is 7.15. The van der Waals surface area contributed by atoms with Gasteiger partial charge < -0.3 is 9.47 Å². The number of carbonyl (C=O) groups is 1. The monoisotopic (exact) mass is 277 g/mol. The fraction of sp³-hybridized carbons (Fsp3) is 0.286. The molecule has 0 spiro atoms. The molecule has 0 unspecified atom stereocenters. The SMILES string of the molecule is CCOc1ccccc1-c1sc(C)nc1C(=O)OC. The Kier molecular flexibility index (Phi) is 4.16. The second-order valence-corrected chi connectivity index (χ2v) is 5.03. The van der Waals surface area contributed by atoms with Gasteiger partial charge in [-0.2, -0.15) is 0 Å². The lowest BCUT2D eigenvalue weighted by molar-refractivity contribution is 0.0595. The standard InChI is InChI=1S/C14H15NO3S/c1-4-18-11-8-6-5-7-10(11)13-12(14(16)17-3)15-9(2)19-13/h5-8H,4H2,1-3H3. The Hall–Kier alpha value is -1.88. The van der Waals surface area contributed by atoms with Crippen molar-refractivity contribution in [3.63, 3.8) is 0 Å². The van der Waals surface area contributed by atoms with E-state index in [-0.39, 0.29) is 0 Å². The Bertz CT molecular complexity index is 592. The van der Waals surface area contributed by atoms with Gasteiger partial charge >= 0.3 is 5.97 Å². The van der Waals surface area contributed by atoms with Crippen LogP contribution in [0.4, 0.5) is 0 Å². The Morgan fingerprint density at radius 3 is 2.79 bits per heavy atom. The van der Waals surface area contributed by atoms with Crippen LogP contribution in [-0.2, 0) is 4.74 Å². The smallest absolute Gasteiger partial charge is 0.358 e. The van der Waals surface area contributed by atoms with Gasteiger partial charge in [0.05, 0.1) is 23.6 Å². The number of rotatable bonds is 4. The molecule has 0 saturated carbocycles. The number of benzene rings is 1. The molecule has 1 heterocycles. The van der Waals surface area contributed by atoms with Gasteiger partial charge in [0.25, 0.3) is 0 Å². The fourth-order valence-electron chi connectivity index (χ4n) is 1.78. The van der Waals surface area contributed by atoms with Gasteiger partial charge in [-0.25, -0.2) is 9.78 Å². The summed E-state index contributed by atoms with van der Waals surface area (Å²) in [7, 11) is 1.36. The normalized spacial score (nSPS) is 10.3. The summed E-state index contributed by atoms with van der Waals surface area (Å²) < 4.78 is 10.4. The number of hydrogen-bond acceptors (Lipinski definition) is 5. The van der Waals surface area contributed by atoms with Gasteiger partial charge in [-0.05, 0) is 26.0 Å². The van der Waals surface area contributed by atoms with Crippen LogP contribution in [0, 0.1) is 6.92 Å². The largest absolute Gasteiger partial charge is 0.493 e. The maximum Gasteiger partial charge on any atom is 0.358 e. The van der Waals surface area contributed by atoms with Crippen LogP contribution in [0.3, 0.4) is 0 Å². The number of thiazole rings is 1. The Morgan fingerprint density at radius 2 is 2.11 bits per heavy atom. The first-order chi connectivity index (χ1) is 9.17. The van der Waals surface area contributed by atoms with Crippen molar-refractivity contribution in [3.8, 4) is 16.2 Å². The van der Waals surface area contributed by atoms with E-state index in [2.05, 4.69) is 4.98 Å². The van der Waals surface area contributed by atoms with E-state index in [9.17, 15) is 4.79 Å². The van der Waals surface area contributed by atoms with Crippen molar-refractivity contribution in [1.82, 2.24) is 4.98 Å². The van der Waals surface area contributed by atoms with E-state index >= 15 is 0 Å². The number of nitrogens with zero attached hydrogens (tertiary/aromatic N) is 1. The predicted molar refractivity (Wildman–Crippen MR) is 74.8 cm³/mol. The summed E-state index contributed by atoms with van der Waals surface area (Å²) in [4.78, 5) is 16.8. The van der Waals surface area contributed by atoms with Crippen molar-refractivity contribution in [3.05, 3.63) is 35.0 Å². The van der Waals surface area contributed by atoms with Crippen LogP contribution in [0.2, 0.25) is 0 Å². The summed E-state index contributed by atoms with van der Waals surface area (Å²) in [6.07, 6.45) is 0. The zero-order valence-electron chi connectivity index (χ0n) is 11.1. The third kappa shape index (κ3) is 2.76. The molecule has 5 heteroatoms. The Morgan fingerprint density at radius 1 is 1.37 bits per heavy atom. The molecule has 0 atom stereocenters. The van der Waals surface area contributed by atoms with E-state index in [1.807, 2.05) is 38.1 Å². The minimum absolute atomic E-state index is 0.345. The lowest BCUT2D eigenvalue weighted by Gasteiger charge is -2.09. The molecule has 0 saturated heterocycles. The van der Waals surface area contributed by atoms with E-state index in [1.165, 1.54) is 18.4 Å². The predicted octanol–water partition coefficient (Wildman–Crippen LogP) is 3.30. The van der Waals surface area contributed by atoms with E-state index in [1.54, 1.807) is 0 Å². The molecule has 0 N–H and O–H groups in total. The van der Waals surface area contributed by atoms with Gasteiger partial charge in [-0.1, -0.05) is 12.1 Å². The molecule has 0 radical (unpaired) electrons. The third-order valence-corrected chi connectivity index (χ3v) is 3.55. The van der Waals surface area contributed by atoms with E-state index in [0.29, 0.717) is 12.3 Å². The van der Waals surface area contributed by atoms with Crippen molar-refractivity contribution >= 4 is 17.3 Å². The molecule has 1 aromatic heterocycles. The first kappa shape index (κ1) is 13.5. The van der Waals surface area contributed by atoms with E-state index in [0.717, 1.165) is 21.2 Å². The molecular weight excluding hydrogens is 262 g/mol. The highest BCUT2D eigenvalue weighted by Crippen LogP contribution is 2.36. The minimum Gasteiger partial charge on any atom is -0.493 e. The molecule has 1 aromatic carbocycles. The topological polar surface area (TPSA) is 48.4 Å². The molecular formula is C14H15NO3S. The van der Waals surface area contributed by atoms with E-state index in [4.69, 9.17) is 9.47 Å². The van der Waals surface area contributed by atoms with Crippen LogP contribution >= 0.6 is 11.3 Å². The fourth-order valence-corrected chi connectivity index (χ4v) is 2.72. The van der Waals surface area contributed by atoms with Gasteiger partial charge in [-0.15, -0.1) is 11.3 Å². The molecule has 100 valence electrons. The maximum absolute atomic E-state index is 11.8. The number of ether oxygens (including phenoxy) is 2. The molecule has 0 aliphatic rings. The number of para-hydroxylation sites is 1. The average Bonchev–Trinajstić information content (AvgIpc) is 2.81. The van der Waals surface area contributed by atoms with Gasteiger partial charge in [0, 0.05) is 5.56 Å². The van der Waals surface area contributed by atoms with Crippen LogP contribution in [0.1, 0.15) is 22.4 Å². The zero-order chi connectivity index (χ0) is 13.8. The van der Waals surface area contributed by atoms with Gasteiger partial charge in [-0.3, -0.25) is 0 Å². The molecule has 0 fully saturated rings. The Balaban J connectivity index is 2.55. The summed E-state index contributed by atoms with van der Waals surface area (Å²) in [5.41, 5.74) is 1.22. The summed E-state index contributed by atoms with van der Waals surface area (Å²) in [5.74, 6) is 0.324. The van der Waals surface area contributed by atoms with Crippen molar-refractivity contribution in [2.24, 2.45) is 0 Å². The first-order valence-corrected chi connectivity index (χ1v) is 6.77. The lowest BCUT2D eigenvalue weighted by Crippen LogP contribution is -2.04. The summed E-state index contributed by atoms with van der Waals surface area (Å²) in [5, 5.41) is 0.821. The Labute approximate surface area is 116 Å². The number of methoxy groups -OCH3 is 1. The van der Waals surface area contributed by atoms with Crippen molar-refractivity contribution in [1.29, 1.82) is 0 Å². The van der Waals surface area contributed by atoms with Gasteiger partial charge in [0.2, 0.25) is 0 Å². The molecule has 2 rings (SSSR count). The lowest BCUT2D eigenvalue weighted by atomic mass is 10.1. The number of hydrogen-bond donors (Lipinski definition) is 0. The number of carbonyl (C=O) groups excluding carboxylic acids is 1. The van der Waals surface area contributed by atoms with Crippen LogP contribution < -0.4 is 4.74 Å². The summed E-state index contributed by atoms with van der Waals surface area (Å²) in [6, 6.07) is 7.62. The molecule has 0 aliphatic carbocycles. The number of aromatic nitrogens is 1. The van der Waals surface area contributed by atoms with Gasteiger partial charge in [0.15, 0.2) is 5.69 Å². The molecule has 4 nitrogen and oxygen atoms in total. The number of aryl methyl sites for hydroxylation is 1. The van der Waals surface area contributed by atoms with Crippen LogP contribution in [0.25, 0.3) is 10.4 Å². The molecule has 0 aliphatic heterocycles. The molecule has 0 amide bonds. The quantitative estimate of drug-likeness (QED) is 0.804. The van der Waals surface area contributed by atoms with Crippen molar-refractivity contribution in [2.45, 2.75) is 13.8 Å². The minimum atomic E-state index is -0.425. The first-order valence-electron chi connectivity index (χ1n) is 5.95. The third-order valence-electron chi connectivity index (χ3n) is 2.54. The van der Waals surface area contributed by atoms with Crippen LogP contribution in [0.15, 0.2) is 24.3 Å². The van der Waals surface area contributed by atoms with Crippen molar-refractivity contribution < 1.29 is 14.3 Å². The molecule has 2 aromatic rings.